The van der Waals surface area contributed by atoms with Crippen LogP contribution in [0, 0.1) is 0 Å². The molecule has 2 heterocycles. The van der Waals surface area contributed by atoms with E-state index in [1.165, 1.54) is 16.7 Å². The van der Waals surface area contributed by atoms with Gasteiger partial charge in [-0.25, -0.2) is 0 Å². The summed E-state index contributed by atoms with van der Waals surface area (Å²) in [4.78, 5) is 2.61. The van der Waals surface area contributed by atoms with Crippen molar-refractivity contribution in [3.05, 3.63) is 65.2 Å². The van der Waals surface area contributed by atoms with E-state index in [2.05, 4.69) is 46.6 Å². The predicted molar refractivity (Wildman–Crippen MR) is 86.3 cm³/mol. The minimum atomic E-state index is 0.386. The number of anilines is 1. The number of rotatable bonds is 1. The van der Waals surface area contributed by atoms with Crippen LogP contribution in [-0.2, 0) is 0 Å². The van der Waals surface area contributed by atoms with Gasteiger partial charge in [-0.05, 0) is 22.8 Å². The second-order valence-corrected chi connectivity index (χ2v) is 6.03. The molecular formula is C18H21N3. The lowest BCUT2D eigenvalue weighted by Crippen LogP contribution is -2.50. The van der Waals surface area contributed by atoms with Crippen molar-refractivity contribution in [2.24, 2.45) is 0 Å². The summed E-state index contributed by atoms with van der Waals surface area (Å²) in [5.74, 6) is 0.386. The van der Waals surface area contributed by atoms with E-state index in [1.807, 2.05) is 12.1 Å². The predicted octanol–water partition coefficient (Wildman–Crippen LogP) is 2.36. The van der Waals surface area contributed by atoms with Crippen LogP contribution in [0.15, 0.2) is 48.5 Å². The first-order valence-electron chi connectivity index (χ1n) is 7.72. The largest absolute Gasteiger partial charge is 0.398 e. The Hall–Kier alpha value is -1.84. The number of hydrogen-bond donors (Lipinski definition) is 2. The maximum absolute atomic E-state index is 6.25. The van der Waals surface area contributed by atoms with E-state index in [1.54, 1.807) is 0 Å². The number of nitrogens with two attached hydrogens (primary N) is 1. The van der Waals surface area contributed by atoms with Crippen LogP contribution in [0.3, 0.4) is 0 Å². The molecule has 0 aliphatic carbocycles. The minimum absolute atomic E-state index is 0.386. The fourth-order valence-electron chi connectivity index (χ4n) is 3.83. The van der Waals surface area contributed by atoms with Gasteiger partial charge < -0.3 is 11.1 Å². The Morgan fingerprint density at radius 2 is 1.67 bits per heavy atom. The summed E-state index contributed by atoms with van der Waals surface area (Å²) in [6.45, 7) is 4.31. The number of nitrogens with one attached hydrogen (secondary N) is 1. The molecule has 0 bridgehead atoms. The zero-order valence-corrected chi connectivity index (χ0v) is 12.1. The molecule has 2 aliphatic heterocycles. The molecule has 108 valence electrons. The summed E-state index contributed by atoms with van der Waals surface area (Å²) < 4.78 is 0. The zero-order valence-electron chi connectivity index (χ0n) is 12.1. The first kappa shape index (κ1) is 12.9. The van der Waals surface area contributed by atoms with Gasteiger partial charge in [0.25, 0.3) is 0 Å². The smallest absolute Gasteiger partial charge is 0.0476 e. The van der Waals surface area contributed by atoms with Crippen molar-refractivity contribution >= 4 is 5.69 Å². The Balaban J connectivity index is 1.83. The average Bonchev–Trinajstić information content (AvgIpc) is 2.55. The number of hydrogen-bond acceptors (Lipinski definition) is 3. The highest BCUT2D eigenvalue weighted by Gasteiger charge is 2.35. The highest BCUT2D eigenvalue weighted by molar-refractivity contribution is 5.54. The topological polar surface area (TPSA) is 41.3 Å². The van der Waals surface area contributed by atoms with Crippen molar-refractivity contribution in [1.82, 2.24) is 10.2 Å². The second-order valence-electron chi connectivity index (χ2n) is 6.03. The molecule has 0 spiro atoms. The van der Waals surface area contributed by atoms with Crippen molar-refractivity contribution in [3.63, 3.8) is 0 Å². The fraction of sp³-hybridized carbons (Fsp3) is 0.333. The van der Waals surface area contributed by atoms with Crippen molar-refractivity contribution in [2.75, 3.05) is 31.9 Å². The zero-order chi connectivity index (χ0) is 14.2. The molecule has 4 rings (SSSR count). The Bertz CT molecular complexity index is 652. The molecule has 0 amide bonds. The van der Waals surface area contributed by atoms with Crippen molar-refractivity contribution in [3.8, 4) is 0 Å². The molecule has 21 heavy (non-hydrogen) atoms. The maximum atomic E-state index is 6.25. The summed E-state index contributed by atoms with van der Waals surface area (Å²) in [5.41, 5.74) is 11.3. The van der Waals surface area contributed by atoms with E-state index in [9.17, 15) is 0 Å². The molecular weight excluding hydrogens is 258 g/mol. The molecule has 0 saturated carbocycles. The van der Waals surface area contributed by atoms with Gasteiger partial charge >= 0.3 is 0 Å². The van der Waals surface area contributed by atoms with Gasteiger partial charge in [-0.3, -0.25) is 4.90 Å². The van der Waals surface area contributed by atoms with Gasteiger partial charge in [0.15, 0.2) is 0 Å². The van der Waals surface area contributed by atoms with Crippen molar-refractivity contribution in [1.29, 1.82) is 0 Å². The highest BCUT2D eigenvalue weighted by Crippen LogP contribution is 2.41. The van der Waals surface area contributed by atoms with Crippen LogP contribution in [0.5, 0.6) is 0 Å². The second kappa shape index (κ2) is 5.17. The van der Waals surface area contributed by atoms with Crippen LogP contribution in [0.4, 0.5) is 5.69 Å². The molecule has 0 unspecified atom stereocenters. The highest BCUT2D eigenvalue weighted by atomic mass is 15.2. The maximum Gasteiger partial charge on any atom is 0.0476 e. The van der Waals surface area contributed by atoms with E-state index in [-0.39, 0.29) is 0 Å². The van der Waals surface area contributed by atoms with E-state index in [0.29, 0.717) is 12.0 Å². The van der Waals surface area contributed by atoms with E-state index >= 15 is 0 Å². The summed E-state index contributed by atoms with van der Waals surface area (Å²) in [6, 6.07) is 17.7. The molecule has 3 heteroatoms. The van der Waals surface area contributed by atoms with Crippen molar-refractivity contribution in [2.45, 2.75) is 12.0 Å². The fourth-order valence-corrected chi connectivity index (χ4v) is 3.83. The lowest BCUT2D eigenvalue weighted by atomic mass is 9.80. The monoisotopic (exact) mass is 279 g/mol. The Labute approximate surface area is 125 Å². The average molecular weight is 279 g/mol. The number of fused-ring (bicyclic) bond motifs is 3. The Morgan fingerprint density at radius 3 is 2.48 bits per heavy atom. The van der Waals surface area contributed by atoms with Crippen LogP contribution in [0.25, 0.3) is 0 Å². The van der Waals surface area contributed by atoms with Gasteiger partial charge in [-0.1, -0.05) is 42.5 Å². The third-order valence-electron chi connectivity index (χ3n) is 4.87. The summed E-state index contributed by atoms with van der Waals surface area (Å²) in [6.07, 6.45) is 0. The van der Waals surface area contributed by atoms with Crippen LogP contribution in [0.2, 0.25) is 0 Å². The SMILES string of the molecule is Nc1ccccc1[C@@H]1CN2CCNC[C@@H]2c2ccccc21. The number of benzene rings is 2. The van der Waals surface area contributed by atoms with Crippen molar-refractivity contribution < 1.29 is 0 Å². The van der Waals surface area contributed by atoms with E-state index in [0.717, 1.165) is 31.9 Å². The van der Waals surface area contributed by atoms with Gasteiger partial charge in [0.2, 0.25) is 0 Å². The van der Waals surface area contributed by atoms with Crippen LogP contribution in [-0.4, -0.2) is 31.1 Å². The van der Waals surface area contributed by atoms with Gasteiger partial charge in [-0.2, -0.15) is 0 Å². The van der Waals surface area contributed by atoms with Gasteiger partial charge in [-0.15, -0.1) is 0 Å². The third kappa shape index (κ3) is 2.13. The minimum Gasteiger partial charge on any atom is -0.398 e. The molecule has 2 aromatic rings. The Kier molecular flexibility index (Phi) is 3.17. The molecule has 0 aromatic heterocycles. The molecule has 3 nitrogen and oxygen atoms in total. The molecule has 1 fully saturated rings. The molecule has 0 radical (unpaired) electrons. The quantitative estimate of drug-likeness (QED) is 0.787. The number of nitrogen functional groups attached to an aromatic ring is 1. The first-order valence-corrected chi connectivity index (χ1v) is 7.72. The Morgan fingerprint density at radius 1 is 0.952 bits per heavy atom. The molecule has 1 saturated heterocycles. The number of nitrogens with zero attached hydrogens (tertiary/aromatic N) is 1. The summed E-state index contributed by atoms with van der Waals surface area (Å²) in [5, 5.41) is 3.52. The summed E-state index contributed by atoms with van der Waals surface area (Å²) >= 11 is 0. The lowest BCUT2D eigenvalue weighted by molar-refractivity contribution is 0.143. The number of para-hydroxylation sites is 1. The first-order chi connectivity index (χ1) is 10.3. The summed E-state index contributed by atoms with van der Waals surface area (Å²) in [7, 11) is 0. The van der Waals surface area contributed by atoms with Crippen LogP contribution in [0.1, 0.15) is 28.7 Å². The molecule has 2 atom stereocenters. The van der Waals surface area contributed by atoms with E-state index in [4.69, 9.17) is 5.73 Å². The van der Waals surface area contributed by atoms with E-state index < -0.39 is 0 Å². The van der Waals surface area contributed by atoms with Gasteiger partial charge in [0.05, 0.1) is 0 Å². The standard InChI is InChI=1S/C18H21N3/c19-17-8-4-3-6-14(17)16-12-21-10-9-20-11-18(21)15-7-2-1-5-13(15)16/h1-8,16,18,20H,9-12,19H2/t16-,18-/m1/s1. The van der Waals surface area contributed by atoms with Crippen LogP contribution >= 0.6 is 0 Å². The van der Waals surface area contributed by atoms with Gasteiger partial charge in [0, 0.05) is 43.8 Å². The normalized spacial score (nSPS) is 25.1. The lowest BCUT2D eigenvalue weighted by Gasteiger charge is -2.44. The van der Waals surface area contributed by atoms with Crippen LogP contribution < -0.4 is 11.1 Å². The number of piperazine rings is 1. The molecule has 3 N–H and O–H groups in total. The molecule has 2 aromatic carbocycles. The van der Waals surface area contributed by atoms with Gasteiger partial charge in [0.1, 0.15) is 0 Å². The third-order valence-corrected chi connectivity index (χ3v) is 4.87. The molecule has 2 aliphatic rings.